The van der Waals surface area contributed by atoms with Crippen LogP contribution in [-0.4, -0.2) is 36.4 Å². The summed E-state index contributed by atoms with van der Waals surface area (Å²) >= 11 is 0. The highest BCUT2D eigenvalue weighted by Crippen LogP contribution is 2.14. The molecule has 1 unspecified atom stereocenters. The second-order valence-electron chi connectivity index (χ2n) is 13.3. The maximum Gasteiger partial charge on any atom is 0.306 e. The normalized spacial score (nSPS) is 12.9. The van der Waals surface area contributed by atoms with E-state index in [-0.39, 0.29) is 25.2 Å². The van der Waals surface area contributed by atoms with Gasteiger partial charge in [0, 0.05) is 12.8 Å². The minimum absolute atomic E-state index is 0.0850. The Morgan fingerprint density at radius 3 is 1.30 bits per heavy atom. The number of allylic oxidation sites excluding steroid dienone is 12. The number of ether oxygens (including phenoxy) is 2. The quantitative estimate of drug-likeness (QED) is 0.0401. The zero-order valence-corrected chi connectivity index (χ0v) is 32.4. The van der Waals surface area contributed by atoms with Gasteiger partial charge in [0.2, 0.25) is 0 Å². The fourth-order valence-electron chi connectivity index (χ4n) is 5.44. The second-order valence-corrected chi connectivity index (χ2v) is 13.3. The Labute approximate surface area is 308 Å². The van der Waals surface area contributed by atoms with Crippen LogP contribution >= 0.6 is 0 Å². The van der Waals surface area contributed by atoms with E-state index in [1.54, 1.807) is 0 Å². The van der Waals surface area contributed by atoms with Gasteiger partial charge in [-0.15, -0.1) is 0 Å². The predicted molar refractivity (Wildman–Crippen MR) is 214 cm³/mol. The van der Waals surface area contributed by atoms with Crippen molar-refractivity contribution in [2.24, 2.45) is 0 Å². The molecule has 0 aliphatic carbocycles. The van der Waals surface area contributed by atoms with E-state index in [4.69, 9.17) is 9.47 Å². The topological polar surface area (TPSA) is 72.8 Å². The second kappa shape index (κ2) is 40.8. The van der Waals surface area contributed by atoms with Crippen molar-refractivity contribution in [3.8, 4) is 0 Å². The maximum atomic E-state index is 12.2. The van der Waals surface area contributed by atoms with E-state index in [0.29, 0.717) is 12.8 Å². The van der Waals surface area contributed by atoms with Crippen molar-refractivity contribution in [1.82, 2.24) is 0 Å². The van der Waals surface area contributed by atoms with Gasteiger partial charge in [0.05, 0.1) is 6.61 Å². The molecule has 1 N–H and O–H groups in total. The van der Waals surface area contributed by atoms with Crippen LogP contribution in [0.25, 0.3) is 0 Å². The minimum atomic E-state index is -0.795. The molecule has 5 nitrogen and oxygen atoms in total. The van der Waals surface area contributed by atoms with Gasteiger partial charge in [-0.1, -0.05) is 177 Å². The average Bonchev–Trinajstić information content (AvgIpc) is 3.12. The molecule has 0 aliphatic heterocycles. The summed E-state index contributed by atoms with van der Waals surface area (Å²) in [7, 11) is 0. The summed E-state index contributed by atoms with van der Waals surface area (Å²) in [5, 5.41) is 9.56. The van der Waals surface area contributed by atoms with Crippen LogP contribution in [0, 0.1) is 0 Å². The van der Waals surface area contributed by atoms with Gasteiger partial charge >= 0.3 is 11.9 Å². The third-order valence-corrected chi connectivity index (χ3v) is 8.51. The molecule has 0 fully saturated rings. The molecule has 5 heteroatoms. The lowest BCUT2D eigenvalue weighted by atomic mass is 10.0. The number of carbonyl (C=O) groups excluding carboxylic acids is 2. The van der Waals surface area contributed by atoms with E-state index in [1.807, 2.05) is 0 Å². The molecule has 0 heterocycles. The van der Waals surface area contributed by atoms with Crippen molar-refractivity contribution in [3.63, 3.8) is 0 Å². The summed E-state index contributed by atoms with van der Waals surface area (Å²) in [5.74, 6) is -0.643. The fourth-order valence-corrected chi connectivity index (χ4v) is 5.44. The molecule has 1 atom stereocenters. The van der Waals surface area contributed by atoms with Crippen molar-refractivity contribution in [1.29, 1.82) is 0 Å². The van der Waals surface area contributed by atoms with E-state index in [1.165, 1.54) is 77.0 Å². The largest absolute Gasteiger partial charge is 0.462 e. The Hall–Kier alpha value is -2.66. The number of carbonyl (C=O) groups is 2. The molecule has 0 aliphatic rings. The van der Waals surface area contributed by atoms with Gasteiger partial charge in [0.25, 0.3) is 0 Å². The summed E-state index contributed by atoms with van der Waals surface area (Å²) in [6.45, 7) is 3.98. The summed E-state index contributed by atoms with van der Waals surface area (Å²) in [5.41, 5.74) is 0. The van der Waals surface area contributed by atoms with Crippen molar-refractivity contribution < 1.29 is 24.2 Å². The highest BCUT2D eigenvalue weighted by molar-refractivity contribution is 5.70. The van der Waals surface area contributed by atoms with Gasteiger partial charge in [0.15, 0.2) is 6.10 Å². The summed E-state index contributed by atoms with van der Waals surface area (Å²) in [4.78, 5) is 24.3. The van der Waals surface area contributed by atoms with Gasteiger partial charge in [-0.3, -0.25) is 9.59 Å². The van der Waals surface area contributed by atoms with E-state index < -0.39 is 6.10 Å². The lowest BCUT2D eigenvalue weighted by Crippen LogP contribution is -2.28. The third-order valence-electron chi connectivity index (χ3n) is 8.51. The number of unbranched alkanes of at least 4 members (excludes halogenated alkanes) is 16. The molecule has 0 radical (unpaired) electrons. The Balaban J connectivity index is 3.67. The number of hydrogen-bond acceptors (Lipinski definition) is 5. The van der Waals surface area contributed by atoms with Gasteiger partial charge in [-0.25, -0.2) is 0 Å². The SMILES string of the molecule is CC/C=C\C/C=C\C/C=C\C/C=C\C/C=C\C/C=C\CCCCC(=O)OC(CO)COC(=O)CCCCCCCCCCCCCCCCC. The minimum Gasteiger partial charge on any atom is -0.462 e. The highest BCUT2D eigenvalue weighted by atomic mass is 16.6. The molecule has 0 aromatic carbocycles. The Morgan fingerprint density at radius 2 is 0.860 bits per heavy atom. The van der Waals surface area contributed by atoms with Gasteiger partial charge in [-0.2, -0.15) is 0 Å². The molecule has 0 saturated heterocycles. The van der Waals surface area contributed by atoms with Crippen molar-refractivity contribution >= 4 is 11.9 Å². The molecule has 0 rings (SSSR count). The molecule has 0 spiro atoms. The lowest BCUT2D eigenvalue weighted by Gasteiger charge is -2.15. The van der Waals surface area contributed by atoms with Crippen LogP contribution in [0.4, 0.5) is 0 Å². The summed E-state index contributed by atoms with van der Waals surface area (Å²) in [6, 6.07) is 0. The molecule has 0 amide bonds. The van der Waals surface area contributed by atoms with E-state index in [9.17, 15) is 14.7 Å². The number of hydrogen-bond donors (Lipinski definition) is 1. The van der Waals surface area contributed by atoms with E-state index in [0.717, 1.165) is 77.0 Å². The first-order valence-electron chi connectivity index (χ1n) is 20.5. The zero-order chi connectivity index (χ0) is 36.4. The lowest BCUT2D eigenvalue weighted by molar-refractivity contribution is -0.161. The molecule has 50 heavy (non-hydrogen) atoms. The van der Waals surface area contributed by atoms with Crippen molar-refractivity contribution in [3.05, 3.63) is 72.9 Å². The number of rotatable bonds is 36. The standard InChI is InChI=1S/C45H76O5/c1-3-5-7-9-11-13-15-17-19-20-21-22-23-24-26-28-30-32-34-36-38-40-45(48)50-43(41-46)42-49-44(47)39-37-35-33-31-29-27-25-18-16-14-12-10-8-6-4-2/h5,7,11,13,17,19,21-22,24,26,30,32,43,46H,3-4,6,8-10,12,14-16,18,20,23,25,27-29,31,33-42H2,1-2H3/b7-5-,13-11-,19-17-,22-21-,26-24-,32-30-. The van der Waals surface area contributed by atoms with Crippen LogP contribution in [0.5, 0.6) is 0 Å². The average molecular weight is 697 g/mol. The van der Waals surface area contributed by atoms with Crippen LogP contribution in [0.15, 0.2) is 72.9 Å². The zero-order valence-electron chi connectivity index (χ0n) is 32.4. The van der Waals surface area contributed by atoms with Crippen LogP contribution in [0.1, 0.15) is 181 Å². The van der Waals surface area contributed by atoms with Gasteiger partial charge in [-0.05, 0) is 64.2 Å². The Bertz CT molecular complexity index is 926. The molecule has 0 saturated carbocycles. The Kier molecular flexibility index (Phi) is 38.6. The van der Waals surface area contributed by atoms with Crippen LogP contribution in [-0.2, 0) is 19.1 Å². The highest BCUT2D eigenvalue weighted by Gasteiger charge is 2.16. The van der Waals surface area contributed by atoms with E-state index in [2.05, 4.69) is 86.8 Å². The smallest absolute Gasteiger partial charge is 0.306 e. The molecule has 0 bridgehead atoms. The van der Waals surface area contributed by atoms with Gasteiger partial charge in [0.1, 0.15) is 6.61 Å². The first kappa shape index (κ1) is 47.3. The first-order valence-corrected chi connectivity index (χ1v) is 20.5. The molecular weight excluding hydrogens is 620 g/mol. The predicted octanol–water partition coefficient (Wildman–Crippen LogP) is 13.0. The van der Waals surface area contributed by atoms with Crippen LogP contribution < -0.4 is 0 Å². The molecular formula is C45H76O5. The van der Waals surface area contributed by atoms with Crippen LogP contribution in [0.3, 0.4) is 0 Å². The first-order chi connectivity index (χ1) is 24.6. The molecule has 0 aromatic heterocycles. The Morgan fingerprint density at radius 1 is 0.480 bits per heavy atom. The van der Waals surface area contributed by atoms with Crippen LogP contribution in [0.2, 0.25) is 0 Å². The number of aliphatic hydroxyl groups excluding tert-OH is 1. The van der Waals surface area contributed by atoms with Crippen molar-refractivity contribution in [2.75, 3.05) is 13.2 Å². The maximum absolute atomic E-state index is 12.2. The monoisotopic (exact) mass is 697 g/mol. The summed E-state index contributed by atoms with van der Waals surface area (Å²) in [6.07, 6.45) is 53.9. The van der Waals surface area contributed by atoms with E-state index >= 15 is 0 Å². The number of aliphatic hydroxyl groups is 1. The van der Waals surface area contributed by atoms with Crippen molar-refractivity contribution in [2.45, 2.75) is 187 Å². The summed E-state index contributed by atoms with van der Waals surface area (Å²) < 4.78 is 10.6. The number of esters is 2. The fraction of sp³-hybridized carbons (Fsp3) is 0.689. The molecule has 286 valence electrons. The third kappa shape index (κ3) is 38.1. The van der Waals surface area contributed by atoms with Gasteiger partial charge < -0.3 is 14.6 Å². The molecule has 0 aromatic rings.